The molecule has 2 atom stereocenters. The maximum absolute atomic E-state index is 13.2. The minimum atomic E-state index is 0.00985. The lowest BCUT2D eigenvalue weighted by atomic mass is 9.83. The molecule has 0 bridgehead atoms. The summed E-state index contributed by atoms with van der Waals surface area (Å²) in [5, 5.41) is 3.23. The number of hydrogen-bond donors (Lipinski definition) is 1. The summed E-state index contributed by atoms with van der Waals surface area (Å²) in [6.07, 6.45) is 1.87. The van der Waals surface area contributed by atoms with Crippen molar-refractivity contribution >= 4 is 11.6 Å². The van der Waals surface area contributed by atoms with Crippen molar-refractivity contribution in [2.45, 2.75) is 39.3 Å². The summed E-state index contributed by atoms with van der Waals surface area (Å²) in [4.78, 5) is 18.2. The van der Waals surface area contributed by atoms with E-state index < -0.39 is 0 Å². The fraction of sp³-hybridized carbons (Fsp3) is 0.480. The molecule has 2 aliphatic heterocycles. The highest BCUT2D eigenvalue weighted by atomic mass is 16.1. The lowest BCUT2D eigenvalue weighted by Gasteiger charge is -2.49. The van der Waals surface area contributed by atoms with Crippen LogP contribution in [-0.2, 0) is 17.8 Å². The van der Waals surface area contributed by atoms with E-state index >= 15 is 0 Å². The highest BCUT2D eigenvalue weighted by molar-refractivity contribution is 5.82. The Labute approximate surface area is 174 Å². The van der Waals surface area contributed by atoms with Crippen molar-refractivity contribution < 1.29 is 4.79 Å². The van der Waals surface area contributed by atoms with Crippen LogP contribution in [-0.4, -0.2) is 43.0 Å². The van der Waals surface area contributed by atoms with E-state index in [1.807, 2.05) is 0 Å². The largest absolute Gasteiger partial charge is 0.365 e. The van der Waals surface area contributed by atoms with Crippen molar-refractivity contribution in [2.75, 3.05) is 31.1 Å². The molecule has 2 aliphatic rings. The Hall–Kier alpha value is -2.33. The number of anilines is 1. The van der Waals surface area contributed by atoms with E-state index in [1.54, 1.807) is 0 Å². The number of carbonyl (C=O) groups excluding carboxylic acids is 1. The predicted octanol–water partition coefficient (Wildman–Crippen LogP) is 3.71. The highest BCUT2D eigenvalue weighted by Gasteiger charge is 2.41. The maximum atomic E-state index is 13.2. The molecule has 1 fully saturated rings. The number of carbonyl (C=O) groups is 1. The second-order valence-corrected chi connectivity index (χ2v) is 8.89. The van der Waals surface area contributed by atoms with Crippen molar-refractivity contribution in [3.8, 4) is 0 Å². The molecule has 0 unspecified atom stereocenters. The van der Waals surface area contributed by atoms with Crippen molar-refractivity contribution in [3.05, 3.63) is 65.7 Å². The van der Waals surface area contributed by atoms with Gasteiger partial charge in [-0.15, -0.1) is 0 Å². The number of nitrogens with one attached hydrogen (secondary N) is 1. The van der Waals surface area contributed by atoms with Crippen LogP contribution in [0.4, 0.5) is 5.69 Å². The van der Waals surface area contributed by atoms with Crippen molar-refractivity contribution in [2.24, 2.45) is 11.8 Å². The van der Waals surface area contributed by atoms with Gasteiger partial charge in [0.05, 0.1) is 12.0 Å². The van der Waals surface area contributed by atoms with Crippen LogP contribution in [0.5, 0.6) is 0 Å². The van der Waals surface area contributed by atoms with Gasteiger partial charge in [0.15, 0.2) is 0 Å². The van der Waals surface area contributed by atoms with Gasteiger partial charge in [-0.1, -0.05) is 62.4 Å². The van der Waals surface area contributed by atoms with Gasteiger partial charge in [0, 0.05) is 38.4 Å². The first-order valence-electron chi connectivity index (χ1n) is 11.0. The molecular weight excluding hydrogens is 358 g/mol. The zero-order chi connectivity index (χ0) is 20.2. The number of piperazine rings is 1. The molecule has 2 heterocycles. The predicted molar refractivity (Wildman–Crippen MR) is 119 cm³/mol. The van der Waals surface area contributed by atoms with Crippen LogP contribution in [0, 0.1) is 11.8 Å². The third-order valence-corrected chi connectivity index (χ3v) is 6.31. The Morgan fingerprint density at radius 1 is 1.07 bits per heavy atom. The van der Waals surface area contributed by atoms with Crippen molar-refractivity contribution in [3.63, 3.8) is 0 Å². The summed E-state index contributed by atoms with van der Waals surface area (Å²) in [6, 6.07) is 19.5. The average molecular weight is 392 g/mol. The Bertz CT molecular complexity index is 820. The molecule has 0 aliphatic carbocycles. The number of para-hydroxylation sites is 1. The second-order valence-electron chi connectivity index (χ2n) is 8.89. The summed E-state index contributed by atoms with van der Waals surface area (Å²) >= 11 is 0. The van der Waals surface area contributed by atoms with E-state index in [2.05, 4.69) is 83.6 Å². The van der Waals surface area contributed by atoms with Gasteiger partial charge in [0.2, 0.25) is 5.91 Å². The van der Waals surface area contributed by atoms with Crippen LogP contribution in [0.3, 0.4) is 0 Å². The molecule has 4 heteroatoms. The zero-order valence-electron chi connectivity index (χ0n) is 17.7. The molecule has 4 rings (SSSR count). The smallest absolute Gasteiger partial charge is 0.225 e. The fourth-order valence-electron chi connectivity index (χ4n) is 4.72. The summed E-state index contributed by atoms with van der Waals surface area (Å²) < 4.78 is 0. The first-order valence-corrected chi connectivity index (χ1v) is 11.0. The Morgan fingerprint density at radius 2 is 1.83 bits per heavy atom. The molecule has 0 saturated carbocycles. The third kappa shape index (κ3) is 4.64. The standard InChI is InChI=1S/C25H33N3O/c1-19(2)12-13-26-25(29)22-16-21-10-6-7-11-23(21)28-15-14-27(18-24(22)28)17-20-8-4-3-5-9-20/h3-11,19,22,24H,12-18H2,1-2H3,(H,26,29)/t22-,24-/m0/s1. The quantitative estimate of drug-likeness (QED) is 0.815. The SMILES string of the molecule is CC(C)CCNC(=O)[C@H]1Cc2ccccc2N2CCN(Cc3ccccc3)C[C@@H]12. The molecule has 154 valence electrons. The lowest BCUT2D eigenvalue weighted by Crippen LogP contribution is -2.60. The molecule has 1 N–H and O–H groups in total. The number of benzene rings is 2. The van der Waals surface area contributed by atoms with E-state index in [4.69, 9.17) is 0 Å². The van der Waals surface area contributed by atoms with Gasteiger partial charge >= 0.3 is 0 Å². The summed E-state index contributed by atoms with van der Waals surface area (Å²) in [5.74, 6) is 0.835. The Kier molecular flexibility index (Phi) is 6.19. The lowest BCUT2D eigenvalue weighted by molar-refractivity contribution is -0.126. The van der Waals surface area contributed by atoms with Crippen molar-refractivity contribution in [1.82, 2.24) is 10.2 Å². The number of rotatable bonds is 6. The molecular formula is C25H33N3O. The topological polar surface area (TPSA) is 35.6 Å². The van der Waals surface area contributed by atoms with Crippen LogP contribution >= 0.6 is 0 Å². The summed E-state index contributed by atoms with van der Waals surface area (Å²) in [5.41, 5.74) is 3.97. The summed E-state index contributed by atoms with van der Waals surface area (Å²) in [6.45, 7) is 9.07. The van der Waals surface area contributed by atoms with Gasteiger partial charge in [-0.25, -0.2) is 0 Å². The van der Waals surface area contributed by atoms with Gasteiger partial charge in [0.25, 0.3) is 0 Å². The highest BCUT2D eigenvalue weighted by Crippen LogP contribution is 2.36. The number of amides is 1. The van der Waals surface area contributed by atoms with Crippen LogP contribution in [0.2, 0.25) is 0 Å². The second kappa shape index (κ2) is 9.00. The zero-order valence-corrected chi connectivity index (χ0v) is 17.7. The Balaban J connectivity index is 1.51. The minimum Gasteiger partial charge on any atom is -0.365 e. The minimum absolute atomic E-state index is 0.00985. The molecule has 0 radical (unpaired) electrons. The Morgan fingerprint density at radius 3 is 2.62 bits per heavy atom. The molecule has 0 aromatic heterocycles. The van der Waals surface area contributed by atoms with E-state index in [1.165, 1.54) is 16.8 Å². The van der Waals surface area contributed by atoms with E-state index in [0.717, 1.165) is 45.6 Å². The molecule has 0 spiro atoms. The maximum Gasteiger partial charge on any atom is 0.225 e. The summed E-state index contributed by atoms with van der Waals surface area (Å²) in [7, 11) is 0. The van der Waals surface area contributed by atoms with Gasteiger partial charge in [-0.3, -0.25) is 9.69 Å². The van der Waals surface area contributed by atoms with E-state index in [0.29, 0.717) is 5.92 Å². The molecule has 1 saturated heterocycles. The first kappa shape index (κ1) is 20.0. The van der Waals surface area contributed by atoms with Crippen LogP contribution in [0.15, 0.2) is 54.6 Å². The first-order chi connectivity index (χ1) is 14.1. The molecule has 2 aromatic carbocycles. The fourth-order valence-corrected chi connectivity index (χ4v) is 4.72. The monoisotopic (exact) mass is 391 g/mol. The number of nitrogens with zero attached hydrogens (tertiary/aromatic N) is 2. The number of fused-ring (bicyclic) bond motifs is 3. The van der Waals surface area contributed by atoms with Gasteiger partial charge in [0.1, 0.15) is 0 Å². The van der Waals surface area contributed by atoms with E-state index in [9.17, 15) is 4.79 Å². The molecule has 2 aromatic rings. The van der Waals surface area contributed by atoms with Gasteiger partial charge < -0.3 is 10.2 Å². The van der Waals surface area contributed by atoms with Crippen LogP contribution in [0.1, 0.15) is 31.4 Å². The van der Waals surface area contributed by atoms with Crippen LogP contribution in [0.25, 0.3) is 0 Å². The van der Waals surface area contributed by atoms with Crippen LogP contribution < -0.4 is 10.2 Å². The molecule has 1 amide bonds. The number of hydrogen-bond acceptors (Lipinski definition) is 3. The molecule has 4 nitrogen and oxygen atoms in total. The van der Waals surface area contributed by atoms with Gasteiger partial charge in [-0.2, -0.15) is 0 Å². The van der Waals surface area contributed by atoms with Crippen molar-refractivity contribution in [1.29, 1.82) is 0 Å². The third-order valence-electron chi connectivity index (χ3n) is 6.31. The normalized spacial score (nSPS) is 21.6. The average Bonchev–Trinajstić information content (AvgIpc) is 2.73. The van der Waals surface area contributed by atoms with Gasteiger partial charge in [-0.05, 0) is 36.0 Å². The molecule has 29 heavy (non-hydrogen) atoms. The van der Waals surface area contributed by atoms with E-state index in [-0.39, 0.29) is 17.9 Å².